The summed E-state index contributed by atoms with van der Waals surface area (Å²) in [6, 6.07) is 0. The minimum absolute atomic E-state index is 0.0289. The van der Waals surface area contributed by atoms with Crippen LogP contribution in [-0.4, -0.2) is 50.6 Å². The minimum atomic E-state index is -0.0289. The van der Waals surface area contributed by atoms with E-state index in [1.807, 2.05) is 0 Å². The third kappa shape index (κ3) is 2.94. The number of amides is 1. The van der Waals surface area contributed by atoms with Gasteiger partial charge in [-0.05, 0) is 18.8 Å². The summed E-state index contributed by atoms with van der Waals surface area (Å²) in [6.45, 7) is 1.60. The number of rotatable bonds is 3. The molecule has 1 aromatic rings. The lowest BCUT2D eigenvalue weighted by atomic mass is 9.99. The third-order valence-corrected chi connectivity index (χ3v) is 2.96. The first kappa shape index (κ1) is 11.8. The number of nitrogens with zero attached hydrogens (tertiary/aromatic N) is 4. The molecule has 0 radical (unpaired) electrons. The highest BCUT2D eigenvalue weighted by Gasteiger charge is 2.23. The van der Waals surface area contributed by atoms with Gasteiger partial charge in [-0.3, -0.25) is 4.79 Å². The maximum atomic E-state index is 11.9. The molecule has 0 spiro atoms. The van der Waals surface area contributed by atoms with Gasteiger partial charge in [0.1, 0.15) is 6.54 Å². The zero-order valence-electron chi connectivity index (χ0n) is 9.62. The Morgan fingerprint density at radius 1 is 1.65 bits per heavy atom. The number of anilines is 1. The van der Waals surface area contributed by atoms with E-state index in [1.54, 1.807) is 4.90 Å². The normalized spacial score (nSPS) is 20.5. The second kappa shape index (κ2) is 5.13. The molecule has 0 saturated carbocycles. The summed E-state index contributed by atoms with van der Waals surface area (Å²) in [5, 5.41) is 16.8. The molecule has 3 N–H and O–H groups in total. The van der Waals surface area contributed by atoms with Gasteiger partial charge in [0.2, 0.25) is 5.91 Å². The molecule has 2 heterocycles. The molecular formula is C10H17N5O2. The number of carbonyl (C=O) groups excluding carboxylic acids is 1. The van der Waals surface area contributed by atoms with Gasteiger partial charge in [0.05, 0.1) is 6.20 Å². The predicted octanol–water partition coefficient (Wildman–Crippen LogP) is -0.909. The van der Waals surface area contributed by atoms with Crippen LogP contribution in [0.15, 0.2) is 6.20 Å². The standard InChI is InChI=1S/C10H17N5O2/c11-9-4-12-15(13-9)6-10(17)14-3-1-2-8(5-14)7-16/h4,8,16H,1-3,5-7H2,(H2,11,13). The predicted molar refractivity (Wildman–Crippen MR) is 60.8 cm³/mol. The number of nitrogen functional groups attached to an aromatic ring is 1. The molecule has 7 heteroatoms. The summed E-state index contributed by atoms with van der Waals surface area (Å²) in [6.07, 6.45) is 3.33. The summed E-state index contributed by atoms with van der Waals surface area (Å²) in [5.41, 5.74) is 5.42. The Morgan fingerprint density at radius 2 is 2.47 bits per heavy atom. The van der Waals surface area contributed by atoms with Gasteiger partial charge in [-0.25, -0.2) is 0 Å². The average molecular weight is 239 g/mol. The van der Waals surface area contributed by atoms with Gasteiger partial charge in [-0.1, -0.05) is 0 Å². The molecule has 1 saturated heterocycles. The zero-order chi connectivity index (χ0) is 12.3. The zero-order valence-corrected chi connectivity index (χ0v) is 9.62. The number of piperidine rings is 1. The van der Waals surface area contributed by atoms with Crippen molar-refractivity contribution < 1.29 is 9.90 Å². The van der Waals surface area contributed by atoms with Gasteiger partial charge >= 0.3 is 0 Å². The van der Waals surface area contributed by atoms with Gasteiger partial charge in [-0.2, -0.15) is 9.90 Å². The van der Waals surface area contributed by atoms with Crippen molar-refractivity contribution in [2.24, 2.45) is 5.92 Å². The molecule has 7 nitrogen and oxygen atoms in total. The highest BCUT2D eigenvalue weighted by Crippen LogP contribution is 2.15. The van der Waals surface area contributed by atoms with Crippen molar-refractivity contribution in [1.82, 2.24) is 19.9 Å². The lowest BCUT2D eigenvalue weighted by Crippen LogP contribution is -2.42. The van der Waals surface area contributed by atoms with Crippen molar-refractivity contribution >= 4 is 11.7 Å². The first-order valence-corrected chi connectivity index (χ1v) is 5.73. The molecule has 0 aliphatic carbocycles. The first-order chi connectivity index (χ1) is 8.19. The van der Waals surface area contributed by atoms with Crippen LogP contribution in [0, 0.1) is 5.92 Å². The monoisotopic (exact) mass is 239 g/mol. The molecular weight excluding hydrogens is 222 g/mol. The Kier molecular flexibility index (Phi) is 3.58. The number of hydrogen-bond acceptors (Lipinski definition) is 5. The first-order valence-electron chi connectivity index (χ1n) is 5.73. The Hall–Kier alpha value is -1.63. The van der Waals surface area contributed by atoms with E-state index in [0.717, 1.165) is 19.4 Å². The summed E-state index contributed by atoms with van der Waals surface area (Å²) >= 11 is 0. The summed E-state index contributed by atoms with van der Waals surface area (Å²) in [7, 11) is 0. The van der Waals surface area contributed by atoms with Gasteiger partial charge < -0.3 is 15.7 Å². The Morgan fingerprint density at radius 3 is 3.12 bits per heavy atom. The smallest absolute Gasteiger partial charge is 0.246 e. The van der Waals surface area contributed by atoms with Crippen LogP contribution in [0.3, 0.4) is 0 Å². The van der Waals surface area contributed by atoms with Crippen LogP contribution in [-0.2, 0) is 11.3 Å². The molecule has 0 bridgehead atoms. The van der Waals surface area contributed by atoms with Crippen molar-refractivity contribution in [1.29, 1.82) is 0 Å². The second-order valence-corrected chi connectivity index (χ2v) is 4.33. The lowest BCUT2D eigenvalue weighted by molar-refractivity contribution is -0.134. The van der Waals surface area contributed by atoms with Crippen LogP contribution in [0.25, 0.3) is 0 Å². The Labute approximate surface area is 99.2 Å². The van der Waals surface area contributed by atoms with Crippen LogP contribution < -0.4 is 5.73 Å². The summed E-state index contributed by atoms with van der Waals surface area (Å²) in [5.74, 6) is 0.478. The number of nitrogens with two attached hydrogens (primary N) is 1. The van der Waals surface area contributed by atoms with Gasteiger partial charge in [-0.15, -0.1) is 5.10 Å². The van der Waals surface area contributed by atoms with Crippen molar-refractivity contribution in [3.63, 3.8) is 0 Å². The molecule has 17 heavy (non-hydrogen) atoms. The fourth-order valence-electron chi connectivity index (χ4n) is 2.05. The Bertz CT molecular complexity index is 392. The molecule has 1 atom stereocenters. The van der Waals surface area contributed by atoms with Gasteiger partial charge in [0.25, 0.3) is 0 Å². The molecule has 2 rings (SSSR count). The van der Waals surface area contributed by atoms with E-state index in [2.05, 4.69) is 10.2 Å². The fraction of sp³-hybridized carbons (Fsp3) is 0.700. The molecule has 1 aromatic heterocycles. The van der Waals surface area contributed by atoms with E-state index in [0.29, 0.717) is 12.4 Å². The summed E-state index contributed by atoms with van der Waals surface area (Å²) < 4.78 is 0. The number of aliphatic hydroxyl groups excluding tert-OH is 1. The summed E-state index contributed by atoms with van der Waals surface area (Å²) in [4.78, 5) is 15.0. The van der Waals surface area contributed by atoms with E-state index in [9.17, 15) is 4.79 Å². The number of likely N-dealkylation sites (tertiary alicyclic amines) is 1. The van der Waals surface area contributed by atoms with Crippen LogP contribution in [0.5, 0.6) is 0 Å². The highest BCUT2D eigenvalue weighted by atomic mass is 16.3. The van der Waals surface area contributed by atoms with E-state index in [4.69, 9.17) is 10.8 Å². The number of aliphatic hydroxyl groups is 1. The van der Waals surface area contributed by atoms with Gasteiger partial charge in [0, 0.05) is 19.7 Å². The maximum absolute atomic E-state index is 11.9. The number of aromatic nitrogens is 3. The van der Waals surface area contributed by atoms with Crippen LogP contribution in [0.1, 0.15) is 12.8 Å². The van der Waals surface area contributed by atoms with E-state index in [1.165, 1.54) is 11.0 Å². The van der Waals surface area contributed by atoms with Crippen molar-refractivity contribution in [3.8, 4) is 0 Å². The third-order valence-electron chi connectivity index (χ3n) is 2.96. The SMILES string of the molecule is Nc1cnn(CC(=O)N2CCCC(CO)C2)n1. The van der Waals surface area contributed by atoms with Crippen LogP contribution in [0.4, 0.5) is 5.82 Å². The quantitative estimate of drug-likeness (QED) is 0.711. The average Bonchev–Trinajstić information content (AvgIpc) is 2.75. The van der Waals surface area contributed by atoms with E-state index in [-0.39, 0.29) is 25.0 Å². The number of hydrogen-bond donors (Lipinski definition) is 2. The van der Waals surface area contributed by atoms with Gasteiger partial charge in [0.15, 0.2) is 5.82 Å². The molecule has 1 unspecified atom stereocenters. The van der Waals surface area contributed by atoms with Crippen molar-refractivity contribution in [3.05, 3.63) is 6.20 Å². The van der Waals surface area contributed by atoms with E-state index >= 15 is 0 Å². The Balaban J connectivity index is 1.91. The fourth-order valence-corrected chi connectivity index (χ4v) is 2.05. The van der Waals surface area contributed by atoms with Crippen LogP contribution in [0.2, 0.25) is 0 Å². The molecule has 1 fully saturated rings. The van der Waals surface area contributed by atoms with Crippen molar-refractivity contribution in [2.75, 3.05) is 25.4 Å². The van der Waals surface area contributed by atoms with Crippen LogP contribution >= 0.6 is 0 Å². The minimum Gasteiger partial charge on any atom is -0.396 e. The number of carbonyl (C=O) groups is 1. The molecule has 1 aliphatic heterocycles. The molecule has 0 aromatic carbocycles. The second-order valence-electron chi connectivity index (χ2n) is 4.33. The molecule has 1 aliphatic rings. The molecule has 1 amide bonds. The molecule has 94 valence electrons. The highest BCUT2D eigenvalue weighted by molar-refractivity contribution is 5.75. The lowest BCUT2D eigenvalue weighted by Gasteiger charge is -2.31. The van der Waals surface area contributed by atoms with Crippen molar-refractivity contribution in [2.45, 2.75) is 19.4 Å². The maximum Gasteiger partial charge on any atom is 0.246 e. The van der Waals surface area contributed by atoms with E-state index < -0.39 is 0 Å². The topological polar surface area (TPSA) is 97.3 Å². The largest absolute Gasteiger partial charge is 0.396 e.